The molecule has 1 aromatic carbocycles. The average Bonchev–Trinajstić information content (AvgIpc) is 2.84. The van der Waals surface area contributed by atoms with Gasteiger partial charge in [0.15, 0.2) is 0 Å². The van der Waals surface area contributed by atoms with Gasteiger partial charge in [-0.15, -0.1) is 0 Å². The van der Waals surface area contributed by atoms with Crippen LogP contribution in [0.25, 0.3) is 6.08 Å². The Labute approximate surface area is 114 Å². The normalized spacial score (nSPS) is 16.9. The minimum Gasteiger partial charge on any atom is -0.496 e. The van der Waals surface area contributed by atoms with Crippen LogP contribution in [-0.2, 0) is 4.74 Å². The first-order chi connectivity index (χ1) is 9.08. The third-order valence-corrected chi connectivity index (χ3v) is 3.68. The number of rotatable bonds is 4. The van der Waals surface area contributed by atoms with Gasteiger partial charge in [-0.2, -0.15) is 0 Å². The Kier molecular flexibility index (Phi) is 3.93. The minimum atomic E-state index is -0.320. The highest BCUT2D eigenvalue weighted by Gasteiger charge is 2.33. The number of carbonyl (C=O) groups excluding carboxylic acids is 1. The van der Waals surface area contributed by atoms with Crippen molar-refractivity contribution in [2.24, 2.45) is 0 Å². The standard InChI is InChI=1S/C16H20O3/c1-4-12-7-8-13(14(11-12)18-3)15(17)19-16(2)9-5-6-10-16/h4,7-8,11H,1,5-6,9-10H2,2-3H3. The maximum Gasteiger partial charge on any atom is 0.342 e. The second kappa shape index (κ2) is 5.47. The number of hydrogen-bond donors (Lipinski definition) is 0. The molecule has 0 heterocycles. The molecule has 0 aromatic heterocycles. The lowest BCUT2D eigenvalue weighted by molar-refractivity contribution is -0.00635. The molecule has 1 aliphatic carbocycles. The number of methoxy groups -OCH3 is 1. The Bertz CT molecular complexity index is 485. The molecule has 0 bridgehead atoms. The molecule has 0 spiro atoms. The molecule has 3 heteroatoms. The third kappa shape index (κ3) is 2.98. The van der Waals surface area contributed by atoms with Gasteiger partial charge in [-0.25, -0.2) is 4.79 Å². The predicted molar refractivity (Wildman–Crippen MR) is 75.4 cm³/mol. The Balaban J connectivity index is 2.21. The highest BCUT2D eigenvalue weighted by atomic mass is 16.6. The lowest BCUT2D eigenvalue weighted by atomic mass is 10.0. The first kappa shape index (κ1) is 13.7. The SMILES string of the molecule is C=Cc1ccc(C(=O)OC2(C)CCCC2)c(OC)c1. The highest BCUT2D eigenvalue weighted by Crippen LogP contribution is 2.34. The zero-order valence-electron chi connectivity index (χ0n) is 11.6. The van der Waals surface area contributed by atoms with E-state index in [0.717, 1.165) is 31.2 Å². The van der Waals surface area contributed by atoms with Gasteiger partial charge in [0.25, 0.3) is 0 Å². The Morgan fingerprint density at radius 1 is 1.37 bits per heavy atom. The van der Waals surface area contributed by atoms with Crippen molar-refractivity contribution in [3.05, 3.63) is 35.9 Å². The predicted octanol–water partition coefficient (Wildman–Crippen LogP) is 3.83. The van der Waals surface area contributed by atoms with Gasteiger partial charge in [0, 0.05) is 0 Å². The average molecular weight is 260 g/mol. The van der Waals surface area contributed by atoms with E-state index in [2.05, 4.69) is 6.58 Å². The molecular weight excluding hydrogens is 240 g/mol. The van der Waals surface area contributed by atoms with Gasteiger partial charge in [-0.05, 0) is 50.3 Å². The van der Waals surface area contributed by atoms with Crippen molar-refractivity contribution in [3.8, 4) is 5.75 Å². The van der Waals surface area contributed by atoms with Gasteiger partial charge in [0.2, 0.25) is 0 Å². The molecular formula is C16H20O3. The molecule has 1 aromatic rings. The molecule has 2 rings (SSSR count). The van der Waals surface area contributed by atoms with Crippen LogP contribution in [-0.4, -0.2) is 18.7 Å². The summed E-state index contributed by atoms with van der Waals surface area (Å²) in [4.78, 5) is 12.3. The summed E-state index contributed by atoms with van der Waals surface area (Å²) in [6, 6.07) is 5.36. The number of hydrogen-bond acceptors (Lipinski definition) is 3. The summed E-state index contributed by atoms with van der Waals surface area (Å²) in [5.41, 5.74) is 1.07. The maximum atomic E-state index is 12.3. The van der Waals surface area contributed by atoms with Crippen molar-refractivity contribution in [2.45, 2.75) is 38.2 Å². The Morgan fingerprint density at radius 2 is 2.05 bits per heavy atom. The molecule has 3 nitrogen and oxygen atoms in total. The summed E-state index contributed by atoms with van der Waals surface area (Å²) in [5.74, 6) is 0.223. The first-order valence-electron chi connectivity index (χ1n) is 6.62. The van der Waals surface area contributed by atoms with E-state index >= 15 is 0 Å². The summed E-state index contributed by atoms with van der Waals surface area (Å²) >= 11 is 0. The molecule has 0 aliphatic heterocycles. The maximum absolute atomic E-state index is 12.3. The Morgan fingerprint density at radius 3 is 2.63 bits per heavy atom. The number of ether oxygens (including phenoxy) is 2. The van der Waals surface area contributed by atoms with E-state index < -0.39 is 0 Å². The fourth-order valence-corrected chi connectivity index (χ4v) is 2.51. The minimum absolute atomic E-state index is 0.308. The molecule has 1 fully saturated rings. The van der Waals surface area contributed by atoms with Crippen LogP contribution in [0.5, 0.6) is 5.75 Å². The van der Waals surface area contributed by atoms with Gasteiger partial charge in [0.05, 0.1) is 7.11 Å². The molecule has 19 heavy (non-hydrogen) atoms. The van der Waals surface area contributed by atoms with Crippen LogP contribution in [0.1, 0.15) is 48.5 Å². The molecule has 0 radical (unpaired) electrons. The first-order valence-corrected chi connectivity index (χ1v) is 6.62. The van der Waals surface area contributed by atoms with Gasteiger partial charge in [-0.1, -0.05) is 18.7 Å². The van der Waals surface area contributed by atoms with Crippen LogP contribution < -0.4 is 4.74 Å². The van der Waals surface area contributed by atoms with Crippen molar-refractivity contribution < 1.29 is 14.3 Å². The number of carbonyl (C=O) groups is 1. The number of benzene rings is 1. The Hall–Kier alpha value is -1.77. The molecule has 102 valence electrons. The largest absolute Gasteiger partial charge is 0.496 e. The van der Waals surface area contributed by atoms with E-state index in [9.17, 15) is 4.79 Å². The van der Waals surface area contributed by atoms with E-state index in [4.69, 9.17) is 9.47 Å². The molecule has 0 amide bonds. The van der Waals surface area contributed by atoms with Gasteiger partial charge < -0.3 is 9.47 Å². The van der Waals surface area contributed by atoms with Crippen molar-refractivity contribution >= 4 is 12.0 Å². The topological polar surface area (TPSA) is 35.5 Å². The fourth-order valence-electron chi connectivity index (χ4n) is 2.51. The van der Waals surface area contributed by atoms with Gasteiger partial charge >= 0.3 is 5.97 Å². The second-order valence-corrected chi connectivity index (χ2v) is 5.21. The van der Waals surface area contributed by atoms with E-state index in [0.29, 0.717) is 11.3 Å². The van der Waals surface area contributed by atoms with Crippen molar-refractivity contribution in [3.63, 3.8) is 0 Å². The van der Waals surface area contributed by atoms with E-state index in [1.807, 2.05) is 13.0 Å². The third-order valence-electron chi connectivity index (χ3n) is 3.68. The molecule has 1 saturated carbocycles. The zero-order chi connectivity index (χ0) is 13.9. The van der Waals surface area contributed by atoms with Crippen LogP contribution in [0.3, 0.4) is 0 Å². The van der Waals surface area contributed by atoms with E-state index in [-0.39, 0.29) is 11.6 Å². The van der Waals surface area contributed by atoms with Gasteiger partial charge in [0.1, 0.15) is 16.9 Å². The zero-order valence-corrected chi connectivity index (χ0v) is 11.6. The van der Waals surface area contributed by atoms with E-state index in [1.54, 1.807) is 25.3 Å². The molecule has 0 N–H and O–H groups in total. The molecule has 1 aliphatic rings. The fraction of sp³-hybridized carbons (Fsp3) is 0.438. The van der Waals surface area contributed by atoms with Crippen molar-refractivity contribution in [1.82, 2.24) is 0 Å². The van der Waals surface area contributed by atoms with Crippen LogP contribution in [0.2, 0.25) is 0 Å². The summed E-state index contributed by atoms with van der Waals surface area (Å²) in [7, 11) is 1.55. The van der Waals surface area contributed by atoms with Crippen LogP contribution in [0, 0.1) is 0 Å². The van der Waals surface area contributed by atoms with Crippen LogP contribution in [0.4, 0.5) is 0 Å². The van der Waals surface area contributed by atoms with Crippen LogP contribution >= 0.6 is 0 Å². The molecule has 0 saturated heterocycles. The second-order valence-electron chi connectivity index (χ2n) is 5.21. The van der Waals surface area contributed by atoms with Gasteiger partial charge in [-0.3, -0.25) is 0 Å². The summed E-state index contributed by atoms with van der Waals surface area (Å²) in [5, 5.41) is 0. The molecule has 0 atom stereocenters. The monoisotopic (exact) mass is 260 g/mol. The lowest BCUT2D eigenvalue weighted by Gasteiger charge is -2.24. The quantitative estimate of drug-likeness (QED) is 0.772. The van der Waals surface area contributed by atoms with Crippen molar-refractivity contribution in [1.29, 1.82) is 0 Å². The smallest absolute Gasteiger partial charge is 0.342 e. The van der Waals surface area contributed by atoms with Crippen molar-refractivity contribution in [2.75, 3.05) is 7.11 Å². The molecule has 0 unspecified atom stereocenters. The summed E-state index contributed by atoms with van der Waals surface area (Å²) in [6.45, 7) is 5.71. The number of esters is 1. The van der Waals surface area contributed by atoms with E-state index in [1.165, 1.54) is 0 Å². The highest BCUT2D eigenvalue weighted by molar-refractivity contribution is 5.93. The van der Waals surface area contributed by atoms with Crippen LogP contribution in [0.15, 0.2) is 24.8 Å². The summed E-state index contributed by atoms with van der Waals surface area (Å²) < 4.78 is 10.9. The lowest BCUT2D eigenvalue weighted by Crippen LogP contribution is -2.28. The summed E-state index contributed by atoms with van der Waals surface area (Å²) in [6.07, 6.45) is 5.83.